The molecule has 1 aliphatic heterocycles. The molecule has 18 heavy (non-hydrogen) atoms. The zero-order chi connectivity index (χ0) is 12.8. The van der Waals surface area contributed by atoms with E-state index in [1.54, 1.807) is 11.3 Å². The van der Waals surface area contributed by atoms with Gasteiger partial charge >= 0.3 is 0 Å². The van der Waals surface area contributed by atoms with Crippen molar-refractivity contribution in [2.75, 3.05) is 18.4 Å². The summed E-state index contributed by atoms with van der Waals surface area (Å²) >= 11 is 1.57. The summed E-state index contributed by atoms with van der Waals surface area (Å²) in [5, 5.41) is 8.36. The number of thiazole rings is 1. The lowest BCUT2D eigenvalue weighted by Crippen LogP contribution is -2.31. The first kappa shape index (κ1) is 12.1. The van der Waals surface area contributed by atoms with E-state index in [0.29, 0.717) is 5.41 Å². The van der Waals surface area contributed by atoms with E-state index in [1.165, 1.54) is 0 Å². The number of carbonyl (C=O) groups excluding carboxylic acids is 1. The van der Waals surface area contributed by atoms with E-state index in [-0.39, 0.29) is 11.8 Å². The van der Waals surface area contributed by atoms with Crippen LogP contribution >= 0.6 is 11.3 Å². The molecule has 2 aliphatic rings. The maximum Gasteiger partial charge on any atom is 0.228 e. The SMILES string of the molecule is Cc1nc(C)c(NC(=O)C2CC23CCNCC3)s1. The fourth-order valence-corrected chi connectivity index (χ4v) is 3.86. The molecule has 0 bridgehead atoms. The lowest BCUT2D eigenvalue weighted by molar-refractivity contribution is -0.118. The van der Waals surface area contributed by atoms with Crippen LogP contribution in [0.4, 0.5) is 5.00 Å². The van der Waals surface area contributed by atoms with E-state index in [1.807, 2.05) is 13.8 Å². The highest BCUT2D eigenvalue weighted by atomic mass is 32.1. The van der Waals surface area contributed by atoms with Crippen molar-refractivity contribution in [1.29, 1.82) is 0 Å². The number of nitrogens with zero attached hydrogens (tertiary/aromatic N) is 1. The Morgan fingerprint density at radius 3 is 2.78 bits per heavy atom. The maximum atomic E-state index is 12.3. The molecule has 3 rings (SSSR count). The van der Waals surface area contributed by atoms with Crippen LogP contribution in [0.25, 0.3) is 0 Å². The molecule has 5 heteroatoms. The quantitative estimate of drug-likeness (QED) is 0.861. The number of aromatic nitrogens is 1. The monoisotopic (exact) mass is 265 g/mol. The van der Waals surface area contributed by atoms with Gasteiger partial charge in [0.05, 0.1) is 10.7 Å². The Kier molecular flexibility index (Phi) is 2.90. The number of nitrogens with one attached hydrogen (secondary N) is 2. The van der Waals surface area contributed by atoms with Gasteiger partial charge in [0.2, 0.25) is 5.91 Å². The molecule has 0 radical (unpaired) electrons. The number of amides is 1. The second-order valence-electron chi connectivity index (χ2n) is 5.51. The summed E-state index contributed by atoms with van der Waals surface area (Å²) in [6.45, 7) is 6.04. The predicted molar refractivity (Wildman–Crippen MR) is 72.9 cm³/mol. The van der Waals surface area contributed by atoms with Crippen LogP contribution in [0.15, 0.2) is 0 Å². The number of aryl methyl sites for hydroxylation is 2. The molecule has 1 amide bonds. The number of hydrogen-bond acceptors (Lipinski definition) is 4. The van der Waals surface area contributed by atoms with Crippen molar-refractivity contribution in [2.45, 2.75) is 33.1 Å². The molecule has 2 fully saturated rings. The fraction of sp³-hybridized carbons (Fsp3) is 0.692. The average molecular weight is 265 g/mol. The summed E-state index contributed by atoms with van der Waals surface area (Å²) in [4.78, 5) is 16.6. The summed E-state index contributed by atoms with van der Waals surface area (Å²) in [6, 6.07) is 0. The second kappa shape index (κ2) is 4.31. The number of anilines is 1. The molecule has 1 aromatic rings. The molecular weight excluding hydrogens is 246 g/mol. The van der Waals surface area contributed by atoms with Crippen LogP contribution in [0.3, 0.4) is 0 Å². The Hall–Kier alpha value is -0.940. The average Bonchev–Trinajstić information content (AvgIpc) is 2.93. The van der Waals surface area contributed by atoms with Crippen molar-refractivity contribution >= 4 is 22.2 Å². The highest BCUT2D eigenvalue weighted by molar-refractivity contribution is 7.16. The smallest absolute Gasteiger partial charge is 0.228 e. The molecule has 2 heterocycles. The Balaban J connectivity index is 1.65. The van der Waals surface area contributed by atoms with E-state index in [9.17, 15) is 4.79 Å². The summed E-state index contributed by atoms with van der Waals surface area (Å²) in [6.07, 6.45) is 3.36. The largest absolute Gasteiger partial charge is 0.317 e. The molecule has 1 atom stereocenters. The minimum atomic E-state index is 0.198. The summed E-state index contributed by atoms with van der Waals surface area (Å²) in [7, 11) is 0. The topological polar surface area (TPSA) is 54.0 Å². The normalized spacial score (nSPS) is 25.1. The number of carbonyl (C=O) groups is 1. The molecule has 2 N–H and O–H groups in total. The van der Waals surface area contributed by atoms with Gasteiger partial charge in [-0.2, -0.15) is 0 Å². The van der Waals surface area contributed by atoms with Crippen LogP contribution in [-0.4, -0.2) is 24.0 Å². The van der Waals surface area contributed by atoms with Gasteiger partial charge in [-0.15, -0.1) is 11.3 Å². The number of rotatable bonds is 2. The lowest BCUT2D eigenvalue weighted by Gasteiger charge is -2.23. The van der Waals surface area contributed by atoms with Gasteiger partial charge in [-0.05, 0) is 51.6 Å². The van der Waals surface area contributed by atoms with E-state index in [4.69, 9.17) is 0 Å². The summed E-state index contributed by atoms with van der Waals surface area (Å²) in [5.41, 5.74) is 1.24. The van der Waals surface area contributed by atoms with Crippen LogP contribution in [0.5, 0.6) is 0 Å². The minimum absolute atomic E-state index is 0.198. The second-order valence-corrected chi connectivity index (χ2v) is 6.71. The molecule has 1 aliphatic carbocycles. The van der Waals surface area contributed by atoms with Crippen molar-refractivity contribution in [3.63, 3.8) is 0 Å². The van der Waals surface area contributed by atoms with Crippen LogP contribution in [0, 0.1) is 25.2 Å². The van der Waals surface area contributed by atoms with Crippen molar-refractivity contribution in [2.24, 2.45) is 11.3 Å². The zero-order valence-electron chi connectivity index (χ0n) is 10.9. The van der Waals surface area contributed by atoms with E-state index < -0.39 is 0 Å². The molecular formula is C13H19N3OS. The van der Waals surface area contributed by atoms with E-state index in [2.05, 4.69) is 15.6 Å². The van der Waals surface area contributed by atoms with Crippen LogP contribution in [0.1, 0.15) is 30.0 Å². The first-order valence-electron chi connectivity index (χ1n) is 6.56. The molecule has 1 aromatic heterocycles. The van der Waals surface area contributed by atoms with Gasteiger partial charge in [0.1, 0.15) is 5.00 Å². The standard InChI is InChI=1S/C13H19N3OS/c1-8-12(18-9(2)15-8)16-11(17)10-7-13(10)3-5-14-6-4-13/h10,14H,3-7H2,1-2H3,(H,16,17). The lowest BCUT2D eigenvalue weighted by atomic mass is 9.92. The molecule has 0 aromatic carbocycles. The molecule has 1 saturated carbocycles. The third-order valence-corrected chi connectivity index (χ3v) is 5.23. The van der Waals surface area contributed by atoms with Gasteiger partial charge in [-0.3, -0.25) is 4.79 Å². The highest BCUT2D eigenvalue weighted by Gasteiger charge is 2.57. The van der Waals surface area contributed by atoms with Gasteiger partial charge < -0.3 is 10.6 Å². The molecule has 1 saturated heterocycles. The first-order chi connectivity index (χ1) is 8.61. The molecule has 1 spiro atoms. The van der Waals surface area contributed by atoms with Gasteiger partial charge in [-0.25, -0.2) is 4.98 Å². The Morgan fingerprint density at radius 2 is 2.17 bits per heavy atom. The number of piperidine rings is 1. The van der Waals surface area contributed by atoms with Crippen molar-refractivity contribution in [3.8, 4) is 0 Å². The molecule has 4 nitrogen and oxygen atoms in total. The van der Waals surface area contributed by atoms with Gasteiger partial charge in [0.15, 0.2) is 0 Å². The van der Waals surface area contributed by atoms with Crippen molar-refractivity contribution in [1.82, 2.24) is 10.3 Å². The van der Waals surface area contributed by atoms with Crippen LogP contribution in [-0.2, 0) is 4.79 Å². The minimum Gasteiger partial charge on any atom is -0.317 e. The van der Waals surface area contributed by atoms with E-state index in [0.717, 1.165) is 48.1 Å². The Labute approximate surface area is 111 Å². The number of hydrogen-bond donors (Lipinski definition) is 2. The van der Waals surface area contributed by atoms with Crippen molar-refractivity contribution in [3.05, 3.63) is 10.7 Å². The van der Waals surface area contributed by atoms with Gasteiger partial charge in [0.25, 0.3) is 0 Å². The zero-order valence-corrected chi connectivity index (χ0v) is 11.7. The third-order valence-electron chi connectivity index (χ3n) is 4.25. The van der Waals surface area contributed by atoms with Crippen LogP contribution in [0.2, 0.25) is 0 Å². The highest BCUT2D eigenvalue weighted by Crippen LogP contribution is 2.58. The summed E-state index contributed by atoms with van der Waals surface area (Å²) in [5.74, 6) is 0.421. The maximum absolute atomic E-state index is 12.3. The van der Waals surface area contributed by atoms with E-state index >= 15 is 0 Å². The fourth-order valence-electron chi connectivity index (χ4n) is 3.04. The first-order valence-corrected chi connectivity index (χ1v) is 7.38. The van der Waals surface area contributed by atoms with Gasteiger partial charge in [-0.1, -0.05) is 0 Å². The van der Waals surface area contributed by atoms with Crippen molar-refractivity contribution < 1.29 is 4.79 Å². The summed E-state index contributed by atoms with van der Waals surface area (Å²) < 4.78 is 0. The third kappa shape index (κ3) is 2.06. The Morgan fingerprint density at radius 1 is 1.44 bits per heavy atom. The van der Waals surface area contributed by atoms with Gasteiger partial charge in [0, 0.05) is 5.92 Å². The molecule has 1 unspecified atom stereocenters. The molecule has 98 valence electrons. The Bertz CT molecular complexity index is 477. The predicted octanol–water partition coefficient (Wildman–Crippen LogP) is 2.09. The van der Waals surface area contributed by atoms with Crippen LogP contribution < -0.4 is 10.6 Å².